The summed E-state index contributed by atoms with van der Waals surface area (Å²) in [6.45, 7) is 7.63. The van der Waals surface area contributed by atoms with E-state index in [1.807, 2.05) is 40.2 Å². The first-order valence-electron chi connectivity index (χ1n) is 8.19. The van der Waals surface area contributed by atoms with E-state index in [2.05, 4.69) is 20.7 Å². The molecule has 2 N–H and O–H groups in total. The van der Waals surface area contributed by atoms with Gasteiger partial charge < -0.3 is 20.3 Å². The third-order valence-electron chi connectivity index (χ3n) is 3.56. The topological polar surface area (TPSA) is 83.8 Å². The first-order valence-corrected chi connectivity index (χ1v) is 8.19. The van der Waals surface area contributed by atoms with Gasteiger partial charge in [-0.25, -0.2) is 4.79 Å². The summed E-state index contributed by atoms with van der Waals surface area (Å²) >= 11 is 0. The summed E-state index contributed by atoms with van der Waals surface area (Å²) in [5.74, 6) is 0.743. The van der Waals surface area contributed by atoms with Crippen molar-refractivity contribution in [3.05, 3.63) is 18.0 Å². The Morgan fingerprint density at radius 3 is 2.64 bits per heavy atom. The number of nitrogens with zero attached hydrogens (tertiary/aromatic N) is 4. The molecule has 142 valence electrons. The lowest BCUT2D eigenvalue weighted by atomic mass is 10.1. The van der Waals surface area contributed by atoms with Crippen LogP contribution in [0.4, 0.5) is 4.79 Å². The SMILES string of the molecule is CN=C(NCCc1cnn(C)c1)NC1CN(C(=O)OC(C)(C)C)C1.I. The maximum absolute atomic E-state index is 11.9. The van der Waals surface area contributed by atoms with Crippen LogP contribution in [0, 0.1) is 0 Å². The van der Waals surface area contributed by atoms with Crippen LogP contribution in [0.5, 0.6) is 0 Å². The number of aromatic nitrogens is 2. The van der Waals surface area contributed by atoms with E-state index in [-0.39, 0.29) is 36.1 Å². The Bertz CT molecular complexity index is 590. The minimum atomic E-state index is -0.459. The molecular weight excluding hydrogens is 435 g/mol. The van der Waals surface area contributed by atoms with Crippen LogP contribution >= 0.6 is 24.0 Å². The van der Waals surface area contributed by atoms with Gasteiger partial charge in [-0.1, -0.05) is 0 Å². The molecule has 2 heterocycles. The fraction of sp³-hybridized carbons (Fsp3) is 0.688. The van der Waals surface area contributed by atoms with E-state index < -0.39 is 5.60 Å². The van der Waals surface area contributed by atoms with E-state index >= 15 is 0 Å². The van der Waals surface area contributed by atoms with Crippen molar-refractivity contribution in [3.63, 3.8) is 0 Å². The van der Waals surface area contributed by atoms with Crippen LogP contribution in [-0.4, -0.2) is 65.1 Å². The Morgan fingerprint density at radius 2 is 2.12 bits per heavy atom. The Labute approximate surface area is 166 Å². The van der Waals surface area contributed by atoms with Crippen molar-refractivity contribution in [3.8, 4) is 0 Å². The molecule has 0 bridgehead atoms. The molecule has 0 aliphatic carbocycles. The molecule has 0 saturated carbocycles. The highest BCUT2D eigenvalue weighted by molar-refractivity contribution is 14.0. The number of nitrogens with one attached hydrogen (secondary N) is 2. The van der Waals surface area contributed by atoms with Crippen LogP contribution in [0.3, 0.4) is 0 Å². The average molecular weight is 464 g/mol. The van der Waals surface area contributed by atoms with Crippen LogP contribution in [0.2, 0.25) is 0 Å². The number of likely N-dealkylation sites (tertiary alicyclic amines) is 1. The summed E-state index contributed by atoms with van der Waals surface area (Å²) < 4.78 is 7.14. The predicted octanol–water partition coefficient (Wildman–Crippen LogP) is 1.36. The first kappa shape index (κ1) is 21.5. The van der Waals surface area contributed by atoms with Gasteiger partial charge in [0, 0.05) is 39.9 Å². The Kier molecular flexibility index (Phi) is 7.97. The van der Waals surface area contributed by atoms with Crippen molar-refractivity contribution in [2.24, 2.45) is 12.0 Å². The lowest BCUT2D eigenvalue weighted by Crippen LogP contribution is -2.63. The average Bonchev–Trinajstić information content (AvgIpc) is 2.83. The van der Waals surface area contributed by atoms with E-state index in [0.29, 0.717) is 13.1 Å². The minimum Gasteiger partial charge on any atom is -0.444 e. The molecule has 1 fully saturated rings. The number of hydrogen-bond donors (Lipinski definition) is 2. The zero-order valence-electron chi connectivity index (χ0n) is 15.6. The van der Waals surface area contributed by atoms with Gasteiger partial charge in [0.2, 0.25) is 0 Å². The quantitative estimate of drug-likeness (QED) is 0.400. The second kappa shape index (κ2) is 9.25. The highest BCUT2D eigenvalue weighted by Crippen LogP contribution is 2.15. The highest BCUT2D eigenvalue weighted by Gasteiger charge is 2.34. The number of carbonyl (C=O) groups is 1. The molecule has 1 saturated heterocycles. The summed E-state index contributed by atoms with van der Waals surface area (Å²) in [7, 11) is 3.65. The van der Waals surface area contributed by atoms with Crippen LogP contribution in [-0.2, 0) is 18.2 Å². The summed E-state index contributed by atoms with van der Waals surface area (Å²) in [4.78, 5) is 17.8. The normalized spacial score (nSPS) is 15.2. The minimum absolute atomic E-state index is 0. The zero-order chi connectivity index (χ0) is 17.7. The number of hydrogen-bond acceptors (Lipinski definition) is 4. The number of carbonyl (C=O) groups excluding carboxylic acids is 1. The third-order valence-corrected chi connectivity index (χ3v) is 3.56. The van der Waals surface area contributed by atoms with Gasteiger partial charge in [0.15, 0.2) is 5.96 Å². The molecule has 0 aromatic carbocycles. The third kappa shape index (κ3) is 7.09. The van der Waals surface area contributed by atoms with Crippen molar-refractivity contribution < 1.29 is 9.53 Å². The van der Waals surface area contributed by atoms with Crippen molar-refractivity contribution in [2.45, 2.75) is 38.8 Å². The molecular formula is C16H29IN6O2. The fourth-order valence-corrected chi connectivity index (χ4v) is 2.36. The lowest BCUT2D eigenvalue weighted by Gasteiger charge is -2.40. The number of ether oxygens (including phenoxy) is 1. The molecule has 9 heteroatoms. The Balaban J connectivity index is 0.00000312. The molecule has 0 unspecified atom stereocenters. The van der Waals surface area contributed by atoms with Crippen LogP contribution < -0.4 is 10.6 Å². The van der Waals surface area contributed by atoms with Gasteiger partial charge in [0.05, 0.1) is 12.2 Å². The van der Waals surface area contributed by atoms with Gasteiger partial charge in [-0.2, -0.15) is 5.10 Å². The summed E-state index contributed by atoms with van der Waals surface area (Å²) in [5.41, 5.74) is 0.722. The molecule has 1 aliphatic heterocycles. The van der Waals surface area contributed by atoms with Gasteiger partial charge in [-0.15, -0.1) is 24.0 Å². The molecule has 1 aromatic rings. The maximum Gasteiger partial charge on any atom is 0.410 e. The monoisotopic (exact) mass is 464 g/mol. The standard InChI is InChI=1S/C16H28N6O2.HI/c1-16(2,3)24-15(23)22-10-13(11-22)20-14(17-4)18-7-6-12-8-19-21(5)9-12;/h8-9,13H,6-7,10-11H2,1-5H3,(H2,17,18,20);1H. The highest BCUT2D eigenvalue weighted by atomic mass is 127. The van der Waals surface area contributed by atoms with E-state index in [0.717, 1.165) is 18.9 Å². The second-order valence-electron chi connectivity index (χ2n) is 7.00. The van der Waals surface area contributed by atoms with Crippen LogP contribution in [0.15, 0.2) is 17.4 Å². The van der Waals surface area contributed by atoms with Gasteiger partial charge in [0.25, 0.3) is 0 Å². The smallest absolute Gasteiger partial charge is 0.410 e. The van der Waals surface area contributed by atoms with E-state index in [4.69, 9.17) is 4.74 Å². The van der Waals surface area contributed by atoms with Gasteiger partial charge in [-0.3, -0.25) is 9.67 Å². The van der Waals surface area contributed by atoms with Crippen molar-refractivity contribution in [1.82, 2.24) is 25.3 Å². The van der Waals surface area contributed by atoms with E-state index in [9.17, 15) is 4.79 Å². The number of rotatable bonds is 4. The van der Waals surface area contributed by atoms with Crippen LogP contribution in [0.25, 0.3) is 0 Å². The number of guanidine groups is 1. The van der Waals surface area contributed by atoms with Crippen LogP contribution in [0.1, 0.15) is 26.3 Å². The first-order chi connectivity index (χ1) is 11.3. The lowest BCUT2D eigenvalue weighted by molar-refractivity contribution is 0.00701. The summed E-state index contributed by atoms with van der Waals surface area (Å²) in [6, 6.07) is 0.196. The maximum atomic E-state index is 11.9. The summed E-state index contributed by atoms with van der Waals surface area (Å²) in [5, 5.41) is 10.7. The number of halogens is 1. The van der Waals surface area contributed by atoms with Crippen molar-refractivity contribution >= 4 is 36.0 Å². The van der Waals surface area contributed by atoms with Gasteiger partial charge >= 0.3 is 6.09 Å². The number of aryl methyl sites for hydroxylation is 1. The summed E-state index contributed by atoms with van der Waals surface area (Å²) in [6.07, 6.45) is 4.48. The van der Waals surface area contributed by atoms with E-state index in [1.165, 1.54) is 5.56 Å². The fourth-order valence-electron chi connectivity index (χ4n) is 2.36. The molecule has 2 rings (SSSR count). The van der Waals surface area contributed by atoms with Gasteiger partial charge in [-0.05, 0) is 32.8 Å². The molecule has 1 aromatic heterocycles. The van der Waals surface area contributed by atoms with Gasteiger partial charge in [0.1, 0.15) is 5.60 Å². The van der Waals surface area contributed by atoms with E-state index in [1.54, 1.807) is 16.6 Å². The number of amides is 1. The Hall–Kier alpha value is -1.52. The predicted molar refractivity (Wildman–Crippen MR) is 108 cm³/mol. The molecule has 1 aliphatic rings. The molecule has 0 atom stereocenters. The number of aliphatic imine (C=N–C) groups is 1. The second-order valence-corrected chi connectivity index (χ2v) is 7.00. The Morgan fingerprint density at radius 1 is 1.44 bits per heavy atom. The zero-order valence-corrected chi connectivity index (χ0v) is 17.9. The molecule has 0 spiro atoms. The largest absolute Gasteiger partial charge is 0.444 e. The van der Waals surface area contributed by atoms with Crippen molar-refractivity contribution in [1.29, 1.82) is 0 Å². The molecule has 8 nitrogen and oxygen atoms in total. The molecule has 1 amide bonds. The molecule has 0 radical (unpaired) electrons. The van der Waals surface area contributed by atoms with Crippen molar-refractivity contribution in [2.75, 3.05) is 26.7 Å². The molecule has 25 heavy (non-hydrogen) atoms.